The molecule has 0 aliphatic rings. The first-order chi connectivity index (χ1) is 7.43. The fraction of sp³-hybridized carbons (Fsp3) is 0.417. The van der Waals surface area contributed by atoms with Crippen LogP contribution < -0.4 is 5.32 Å². The van der Waals surface area contributed by atoms with Crippen LogP contribution in [0.5, 0.6) is 0 Å². The average Bonchev–Trinajstić information content (AvgIpc) is 2.27. The lowest BCUT2D eigenvalue weighted by Gasteiger charge is -2.28. The van der Waals surface area contributed by atoms with E-state index in [-0.39, 0.29) is 0 Å². The summed E-state index contributed by atoms with van der Waals surface area (Å²) < 4.78 is 0. The lowest BCUT2D eigenvalue weighted by Crippen LogP contribution is -2.41. The van der Waals surface area contributed by atoms with Crippen molar-refractivity contribution in [3.05, 3.63) is 30.3 Å². The van der Waals surface area contributed by atoms with E-state index in [0.29, 0.717) is 6.54 Å². The van der Waals surface area contributed by atoms with Crippen molar-refractivity contribution >= 4 is 11.7 Å². The number of anilines is 1. The number of carboxylic acids is 1. The van der Waals surface area contributed by atoms with E-state index in [9.17, 15) is 9.90 Å². The van der Waals surface area contributed by atoms with E-state index in [1.807, 2.05) is 30.3 Å². The van der Waals surface area contributed by atoms with Gasteiger partial charge in [0.05, 0.1) is 0 Å². The van der Waals surface area contributed by atoms with Crippen LogP contribution in [0, 0.1) is 5.41 Å². The second kappa shape index (κ2) is 4.99. The van der Waals surface area contributed by atoms with E-state index in [1.54, 1.807) is 13.8 Å². The fourth-order valence-electron chi connectivity index (χ4n) is 1.32. The SMILES string of the molecule is CC(C)(CNc1ccccc1)C(O)C(=O)O. The topological polar surface area (TPSA) is 69.6 Å². The number of aliphatic hydroxyl groups is 1. The number of para-hydroxylation sites is 1. The Labute approximate surface area is 94.9 Å². The van der Waals surface area contributed by atoms with Gasteiger partial charge in [0, 0.05) is 17.6 Å². The van der Waals surface area contributed by atoms with Gasteiger partial charge < -0.3 is 15.5 Å². The Hall–Kier alpha value is -1.55. The third-order valence-corrected chi connectivity index (χ3v) is 2.50. The molecule has 0 bridgehead atoms. The van der Waals surface area contributed by atoms with Crippen LogP contribution in [0.1, 0.15) is 13.8 Å². The summed E-state index contributed by atoms with van der Waals surface area (Å²) in [6, 6.07) is 9.47. The second-order valence-corrected chi connectivity index (χ2v) is 4.45. The highest BCUT2D eigenvalue weighted by Crippen LogP contribution is 2.21. The van der Waals surface area contributed by atoms with Gasteiger partial charge >= 0.3 is 5.97 Å². The number of benzene rings is 1. The average molecular weight is 223 g/mol. The molecule has 88 valence electrons. The van der Waals surface area contributed by atoms with Crippen LogP contribution in [-0.4, -0.2) is 28.8 Å². The van der Waals surface area contributed by atoms with Crippen molar-refractivity contribution in [2.75, 3.05) is 11.9 Å². The van der Waals surface area contributed by atoms with Crippen LogP contribution >= 0.6 is 0 Å². The summed E-state index contributed by atoms with van der Waals surface area (Å²) in [5.74, 6) is -1.19. The molecule has 1 atom stereocenters. The highest BCUT2D eigenvalue weighted by Gasteiger charge is 2.33. The van der Waals surface area contributed by atoms with Gasteiger partial charge in [-0.25, -0.2) is 4.79 Å². The molecule has 0 radical (unpaired) electrons. The molecular formula is C12H17NO3. The number of aliphatic carboxylic acids is 1. The molecule has 0 heterocycles. The standard InChI is InChI=1S/C12H17NO3/c1-12(2,10(14)11(15)16)8-13-9-6-4-3-5-7-9/h3-7,10,13-14H,8H2,1-2H3,(H,15,16). The molecule has 1 rings (SSSR count). The van der Waals surface area contributed by atoms with Crippen molar-refractivity contribution in [2.45, 2.75) is 20.0 Å². The first-order valence-corrected chi connectivity index (χ1v) is 5.13. The Morgan fingerprint density at radius 2 is 1.94 bits per heavy atom. The van der Waals surface area contributed by atoms with E-state index in [2.05, 4.69) is 5.32 Å². The minimum Gasteiger partial charge on any atom is -0.479 e. The Bertz CT molecular complexity index is 349. The van der Waals surface area contributed by atoms with Crippen LogP contribution in [0.3, 0.4) is 0 Å². The number of carboxylic acid groups (broad SMARTS) is 1. The molecule has 4 heteroatoms. The molecule has 0 spiro atoms. The molecule has 3 N–H and O–H groups in total. The highest BCUT2D eigenvalue weighted by atomic mass is 16.4. The van der Waals surface area contributed by atoms with Crippen LogP contribution in [-0.2, 0) is 4.79 Å². The lowest BCUT2D eigenvalue weighted by molar-refractivity contribution is -0.152. The molecule has 1 aromatic carbocycles. The molecular weight excluding hydrogens is 206 g/mol. The zero-order chi connectivity index (χ0) is 12.2. The molecule has 0 aliphatic carbocycles. The molecule has 4 nitrogen and oxygen atoms in total. The number of aliphatic hydroxyl groups excluding tert-OH is 1. The summed E-state index contributed by atoms with van der Waals surface area (Å²) in [5.41, 5.74) is 0.190. The van der Waals surface area contributed by atoms with Crippen molar-refractivity contribution in [2.24, 2.45) is 5.41 Å². The number of hydrogen-bond donors (Lipinski definition) is 3. The summed E-state index contributed by atoms with van der Waals surface area (Å²) in [7, 11) is 0. The van der Waals surface area contributed by atoms with E-state index in [4.69, 9.17) is 5.11 Å². The summed E-state index contributed by atoms with van der Waals surface area (Å²) in [6.07, 6.45) is -1.37. The quantitative estimate of drug-likeness (QED) is 0.708. The van der Waals surface area contributed by atoms with Gasteiger partial charge in [-0.15, -0.1) is 0 Å². The molecule has 0 amide bonds. The molecule has 1 aromatic rings. The Morgan fingerprint density at radius 3 is 2.44 bits per heavy atom. The van der Waals surface area contributed by atoms with E-state index < -0.39 is 17.5 Å². The molecule has 16 heavy (non-hydrogen) atoms. The van der Waals surface area contributed by atoms with Crippen molar-refractivity contribution < 1.29 is 15.0 Å². The maximum atomic E-state index is 10.7. The third-order valence-electron chi connectivity index (χ3n) is 2.50. The van der Waals surface area contributed by atoms with Crippen molar-refractivity contribution in [1.82, 2.24) is 0 Å². The van der Waals surface area contributed by atoms with E-state index >= 15 is 0 Å². The molecule has 0 aromatic heterocycles. The van der Waals surface area contributed by atoms with Crippen LogP contribution in [0.4, 0.5) is 5.69 Å². The van der Waals surface area contributed by atoms with Crippen LogP contribution in [0.25, 0.3) is 0 Å². The first-order valence-electron chi connectivity index (χ1n) is 5.13. The molecule has 0 saturated heterocycles. The van der Waals surface area contributed by atoms with Gasteiger partial charge in [0.2, 0.25) is 0 Å². The maximum Gasteiger partial charge on any atom is 0.333 e. The Kier molecular flexibility index (Phi) is 3.90. The van der Waals surface area contributed by atoms with Gasteiger partial charge in [-0.2, -0.15) is 0 Å². The van der Waals surface area contributed by atoms with Gasteiger partial charge in [-0.05, 0) is 12.1 Å². The van der Waals surface area contributed by atoms with Gasteiger partial charge in [0.1, 0.15) is 0 Å². The molecule has 0 aliphatic heterocycles. The summed E-state index contributed by atoms with van der Waals surface area (Å²) >= 11 is 0. The number of hydrogen-bond acceptors (Lipinski definition) is 3. The van der Waals surface area contributed by atoms with Gasteiger partial charge in [0.15, 0.2) is 6.10 Å². The number of rotatable bonds is 5. The highest BCUT2D eigenvalue weighted by molar-refractivity contribution is 5.73. The first kappa shape index (κ1) is 12.5. The number of carbonyl (C=O) groups is 1. The summed E-state index contributed by atoms with van der Waals surface area (Å²) in [6.45, 7) is 3.81. The monoisotopic (exact) mass is 223 g/mol. The zero-order valence-electron chi connectivity index (χ0n) is 9.47. The minimum atomic E-state index is -1.37. The Balaban J connectivity index is 2.57. The van der Waals surface area contributed by atoms with E-state index in [1.165, 1.54) is 0 Å². The minimum absolute atomic E-state index is 0.393. The summed E-state index contributed by atoms with van der Waals surface area (Å²) in [5, 5.41) is 21.3. The van der Waals surface area contributed by atoms with Crippen LogP contribution in [0.15, 0.2) is 30.3 Å². The normalized spacial score (nSPS) is 13.2. The smallest absolute Gasteiger partial charge is 0.333 e. The van der Waals surface area contributed by atoms with Gasteiger partial charge in [-0.1, -0.05) is 32.0 Å². The molecule has 0 fully saturated rings. The van der Waals surface area contributed by atoms with Crippen molar-refractivity contribution in [3.8, 4) is 0 Å². The third kappa shape index (κ3) is 3.24. The number of nitrogens with one attached hydrogen (secondary N) is 1. The fourth-order valence-corrected chi connectivity index (χ4v) is 1.32. The van der Waals surface area contributed by atoms with Gasteiger partial charge in [-0.3, -0.25) is 0 Å². The van der Waals surface area contributed by atoms with Gasteiger partial charge in [0.25, 0.3) is 0 Å². The van der Waals surface area contributed by atoms with Crippen molar-refractivity contribution in [1.29, 1.82) is 0 Å². The predicted octanol–water partition coefficient (Wildman–Crippen LogP) is 1.57. The lowest BCUT2D eigenvalue weighted by atomic mass is 9.86. The summed E-state index contributed by atoms with van der Waals surface area (Å²) in [4.78, 5) is 10.7. The van der Waals surface area contributed by atoms with E-state index in [0.717, 1.165) is 5.69 Å². The molecule has 1 unspecified atom stereocenters. The largest absolute Gasteiger partial charge is 0.479 e. The predicted molar refractivity (Wildman–Crippen MR) is 62.4 cm³/mol. The second-order valence-electron chi connectivity index (χ2n) is 4.45. The zero-order valence-corrected chi connectivity index (χ0v) is 9.47. The van der Waals surface area contributed by atoms with Crippen LogP contribution in [0.2, 0.25) is 0 Å². The molecule has 0 saturated carbocycles. The maximum absolute atomic E-state index is 10.7. The Morgan fingerprint density at radius 1 is 1.38 bits per heavy atom. The van der Waals surface area contributed by atoms with Crippen molar-refractivity contribution in [3.63, 3.8) is 0 Å².